The van der Waals surface area contributed by atoms with Gasteiger partial charge >= 0.3 is 0 Å². The van der Waals surface area contributed by atoms with Crippen LogP contribution in [-0.2, 0) is 16.2 Å². The average molecular weight is 549 g/mol. The number of methoxy groups -OCH3 is 3. The van der Waals surface area contributed by atoms with Crippen LogP contribution in [0.2, 0.25) is 0 Å². The van der Waals surface area contributed by atoms with Crippen molar-refractivity contribution in [3.05, 3.63) is 77.4 Å². The number of carbonyl (C=O) groups excluding carboxylic acids is 2. The highest BCUT2D eigenvalue weighted by molar-refractivity contribution is 7.80. The molecule has 0 aromatic heterocycles. The smallest absolute Gasteiger partial charge is 0.270 e. The van der Waals surface area contributed by atoms with Gasteiger partial charge in [0.2, 0.25) is 0 Å². The first-order valence-corrected chi connectivity index (χ1v) is 12.4. The third kappa shape index (κ3) is 6.12. The molecule has 3 aromatic carbocycles. The third-order valence-electron chi connectivity index (χ3n) is 5.88. The van der Waals surface area contributed by atoms with Gasteiger partial charge in [0, 0.05) is 5.56 Å². The molecule has 1 heterocycles. The molecule has 0 bridgehead atoms. The van der Waals surface area contributed by atoms with Crippen LogP contribution in [0.3, 0.4) is 0 Å². The predicted molar refractivity (Wildman–Crippen MR) is 151 cm³/mol. The summed E-state index contributed by atoms with van der Waals surface area (Å²) in [4.78, 5) is 27.4. The number of hydrogen-bond acceptors (Lipinski definition) is 8. The molecule has 0 radical (unpaired) electrons. The first kappa shape index (κ1) is 27.5. The lowest BCUT2D eigenvalue weighted by molar-refractivity contribution is -0.122. The van der Waals surface area contributed by atoms with Crippen LogP contribution in [0.15, 0.2) is 66.2 Å². The molecule has 0 spiro atoms. The number of rotatable bonds is 10. The highest BCUT2D eigenvalue weighted by atomic mass is 32.1. The molecule has 3 aromatic rings. The molecule has 2 amide bonds. The van der Waals surface area contributed by atoms with Gasteiger partial charge in [-0.2, -0.15) is 0 Å². The molecular formula is C29H28N2O7S. The molecule has 0 atom stereocenters. The summed E-state index contributed by atoms with van der Waals surface area (Å²) in [6, 6.07) is 17.4. The first-order chi connectivity index (χ1) is 18.9. The lowest BCUT2D eigenvalue weighted by atomic mass is 10.1. The van der Waals surface area contributed by atoms with E-state index in [1.54, 1.807) is 69.9 Å². The van der Waals surface area contributed by atoms with Gasteiger partial charge in [-0.1, -0.05) is 6.07 Å². The van der Waals surface area contributed by atoms with Gasteiger partial charge in [0.05, 0.1) is 33.6 Å². The molecule has 202 valence electrons. The second-order valence-corrected chi connectivity index (χ2v) is 8.65. The Hall–Kier alpha value is -4.57. The van der Waals surface area contributed by atoms with Crippen LogP contribution in [0, 0.1) is 0 Å². The van der Waals surface area contributed by atoms with Crippen LogP contribution >= 0.6 is 12.2 Å². The van der Waals surface area contributed by atoms with Crippen LogP contribution < -0.4 is 33.9 Å². The highest BCUT2D eigenvalue weighted by Crippen LogP contribution is 2.33. The molecular weight excluding hydrogens is 520 g/mol. The normalized spacial score (nSPS) is 14.2. The van der Waals surface area contributed by atoms with Gasteiger partial charge in [-0.05, 0) is 85.4 Å². The monoisotopic (exact) mass is 548 g/mol. The minimum Gasteiger partial charge on any atom is -0.497 e. The van der Waals surface area contributed by atoms with Crippen LogP contribution in [0.5, 0.6) is 28.7 Å². The van der Waals surface area contributed by atoms with Crippen LogP contribution in [0.25, 0.3) is 6.08 Å². The first-order valence-electron chi connectivity index (χ1n) is 12.0. The SMILES string of the molecule is CCOc1cc(/C=C2\C(=O)NC(=S)N(c3ccc(OC)cc3)C2=O)ccc1OCc1cc(OC)ccc1OC. The van der Waals surface area contributed by atoms with Crippen molar-refractivity contribution >= 4 is 40.9 Å². The minimum absolute atomic E-state index is 0.000888. The zero-order valence-electron chi connectivity index (χ0n) is 22.0. The number of nitrogens with one attached hydrogen (secondary N) is 1. The number of amides is 2. The Morgan fingerprint density at radius 2 is 1.51 bits per heavy atom. The maximum Gasteiger partial charge on any atom is 0.270 e. The summed E-state index contributed by atoms with van der Waals surface area (Å²) in [6.45, 7) is 2.44. The molecule has 4 rings (SSSR count). The fourth-order valence-corrected chi connectivity index (χ4v) is 4.22. The summed E-state index contributed by atoms with van der Waals surface area (Å²) >= 11 is 5.28. The summed E-state index contributed by atoms with van der Waals surface area (Å²) in [5, 5.41) is 2.59. The van der Waals surface area contributed by atoms with Crippen LogP contribution in [0.4, 0.5) is 5.69 Å². The lowest BCUT2D eigenvalue weighted by Gasteiger charge is -2.29. The van der Waals surface area contributed by atoms with Gasteiger partial charge in [-0.15, -0.1) is 0 Å². The van der Waals surface area contributed by atoms with Crippen molar-refractivity contribution in [1.29, 1.82) is 0 Å². The fourth-order valence-electron chi connectivity index (χ4n) is 3.94. The van der Waals surface area contributed by atoms with E-state index in [1.165, 1.54) is 11.0 Å². The Bertz CT molecular complexity index is 1420. The van der Waals surface area contributed by atoms with E-state index in [1.807, 2.05) is 19.1 Å². The number of ether oxygens (including phenoxy) is 5. The van der Waals surface area contributed by atoms with Gasteiger partial charge in [-0.3, -0.25) is 19.8 Å². The van der Waals surface area contributed by atoms with E-state index in [4.69, 9.17) is 35.9 Å². The van der Waals surface area contributed by atoms with E-state index in [9.17, 15) is 9.59 Å². The van der Waals surface area contributed by atoms with E-state index >= 15 is 0 Å². The molecule has 0 saturated carbocycles. The van der Waals surface area contributed by atoms with E-state index in [0.717, 1.165) is 5.56 Å². The van der Waals surface area contributed by atoms with Gasteiger partial charge < -0.3 is 23.7 Å². The third-order valence-corrected chi connectivity index (χ3v) is 6.17. The van der Waals surface area contributed by atoms with Gasteiger partial charge in [0.1, 0.15) is 29.4 Å². The summed E-state index contributed by atoms with van der Waals surface area (Å²) in [5.41, 5.74) is 1.80. The van der Waals surface area contributed by atoms with Crippen LogP contribution in [0.1, 0.15) is 18.1 Å². The van der Waals surface area contributed by atoms with Crippen molar-refractivity contribution < 1.29 is 33.3 Å². The van der Waals surface area contributed by atoms with Gasteiger partial charge in [-0.25, -0.2) is 0 Å². The zero-order chi connectivity index (χ0) is 27.9. The Balaban J connectivity index is 1.60. The minimum atomic E-state index is -0.585. The van der Waals surface area contributed by atoms with Crippen molar-refractivity contribution in [2.75, 3.05) is 32.8 Å². The van der Waals surface area contributed by atoms with Crippen LogP contribution in [-0.4, -0.2) is 44.9 Å². The van der Waals surface area contributed by atoms with E-state index in [0.29, 0.717) is 46.6 Å². The van der Waals surface area contributed by atoms with E-state index in [-0.39, 0.29) is 17.3 Å². The molecule has 1 aliphatic rings. The summed E-state index contributed by atoms with van der Waals surface area (Å²) < 4.78 is 27.8. The molecule has 0 aliphatic carbocycles. The Morgan fingerprint density at radius 1 is 0.821 bits per heavy atom. The average Bonchev–Trinajstić information content (AvgIpc) is 2.95. The molecule has 0 unspecified atom stereocenters. The van der Waals surface area contributed by atoms with E-state index < -0.39 is 11.8 Å². The van der Waals surface area contributed by atoms with Gasteiger partial charge in [0.25, 0.3) is 11.8 Å². The largest absolute Gasteiger partial charge is 0.497 e. The van der Waals surface area contributed by atoms with Crippen molar-refractivity contribution in [2.45, 2.75) is 13.5 Å². The molecule has 39 heavy (non-hydrogen) atoms. The van der Waals surface area contributed by atoms with Crippen molar-refractivity contribution in [2.24, 2.45) is 0 Å². The number of anilines is 1. The summed E-state index contributed by atoms with van der Waals surface area (Å²) in [6.07, 6.45) is 1.49. The quantitative estimate of drug-likeness (QED) is 0.225. The molecule has 1 aliphatic heterocycles. The molecule has 1 saturated heterocycles. The number of nitrogens with zero attached hydrogens (tertiary/aromatic N) is 1. The van der Waals surface area contributed by atoms with Crippen molar-refractivity contribution in [3.63, 3.8) is 0 Å². The number of carbonyl (C=O) groups is 2. The zero-order valence-corrected chi connectivity index (χ0v) is 22.8. The van der Waals surface area contributed by atoms with Gasteiger partial charge in [0.15, 0.2) is 16.6 Å². The fraction of sp³-hybridized carbons (Fsp3) is 0.207. The number of thiocarbonyl (C=S) groups is 1. The van der Waals surface area contributed by atoms with E-state index in [2.05, 4.69) is 5.32 Å². The number of benzene rings is 3. The number of hydrogen-bond donors (Lipinski definition) is 1. The Kier molecular flexibility index (Phi) is 8.67. The Morgan fingerprint density at radius 3 is 2.18 bits per heavy atom. The summed E-state index contributed by atoms with van der Waals surface area (Å²) in [7, 11) is 4.73. The molecule has 10 heteroatoms. The maximum absolute atomic E-state index is 13.4. The predicted octanol–water partition coefficient (Wildman–Crippen LogP) is 4.52. The van der Waals surface area contributed by atoms with Crippen molar-refractivity contribution in [3.8, 4) is 28.7 Å². The second-order valence-electron chi connectivity index (χ2n) is 8.26. The highest BCUT2D eigenvalue weighted by Gasteiger charge is 2.34. The maximum atomic E-state index is 13.4. The standard InChI is InChI=1S/C29H28N2O7S/c1-5-37-26-15-18(6-12-25(26)38-17-19-16-22(35-3)11-13-24(19)36-4)14-23-27(32)30-29(39)31(28(23)33)20-7-9-21(34-2)10-8-20/h6-16H,5,17H2,1-4H3,(H,30,32,39)/b23-14+. The molecule has 9 nitrogen and oxygen atoms in total. The topological polar surface area (TPSA) is 95.6 Å². The molecule has 1 N–H and O–H groups in total. The molecule has 1 fully saturated rings. The Labute approximate surface area is 231 Å². The summed E-state index contributed by atoms with van der Waals surface area (Å²) in [5.74, 6) is 1.79. The van der Waals surface area contributed by atoms with Crippen molar-refractivity contribution in [1.82, 2.24) is 5.32 Å². The second kappa shape index (κ2) is 12.3. The lowest BCUT2D eigenvalue weighted by Crippen LogP contribution is -2.54.